The van der Waals surface area contributed by atoms with E-state index in [1.54, 1.807) is 29.4 Å². The third-order valence-electron chi connectivity index (χ3n) is 3.34. The van der Waals surface area contributed by atoms with Gasteiger partial charge in [0, 0.05) is 10.9 Å². The predicted molar refractivity (Wildman–Crippen MR) is 91.4 cm³/mol. The molecule has 4 aromatic rings. The third kappa shape index (κ3) is 2.97. The zero-order valence-electron chi connectivity index (χ0n) is 12.3. The van der Waals surface area contributed by atoms with Gasteiger partial charge in [0.1, 0.15) is 16.2 Å². The van der Waals surface area contributed by atoms with Crippen molar-refractivity contribution in [3.05, 3.63) is 53.5 Å². The molecular formula is C16H12N4OS2. The van der Waals surface area contributed by atoms with E-state index in [4.69, 9.17) is 4.52 Å². The van der Waals surface area contributed by atoms with Crippen molar-refractivity contribution in [1.82, 2.24) is 20.1 Å². The minimum atomic E-state index is 0.584. The molecule has 0 atom stereocenters. The van der Waals surface area contributed by atoms with E-state index in [0.29, 0.717) is 17.5 Å². The zero-order chi connectivity index (χ0) is 15.6. The number of fused-ring (bicyclic) bond motifs is 1. The highest BCUT2D eigenvalue weighted by Crippen LogP contribution is 2.29. The number of aromatic nitrogens is 4. The molecule has 0 fully saturated rings. The largest absolute Gasteiger partial charge is 0.338 e. The molecule has 3 aromatic heterocycles. The Labute approximate surface area is 140 Å². The van der Waals surface area contributed by atoms with Crippen LogP contribution >= 0.6 is 23.1 Å². The van der Waals surface area contributed by atoms with Gasteiger partial charge in [0.2, 0.25) is 11.7 Å². The Morgan fingerprint density at radius 2 is 2.00 bits per heavy atom. The second kappa shape index (κ2) is 6.10. The van der Waals surface area contributed by atoms with Crippen molar-refractivity contribution in [1.29, 1.82) is 0 Å². The van der Waals surface area contributed by atoms with Crippen molar-refractivity contribution in [3.8, 4) is 11.4 Å². The molecule has 0 N–H and O–H groups in total. The molecule has 0 spiro atoms. The number of hydrogen-bond donors (Lipinski definition) is 0. The maximum Gasteiger partial charge on any atom is 0.237 e. The summed E-state index contributed by atoms with van der Waals surface area (Å²) >= 11 is 3.19. The van der Waals surface area contributed by atoms with E-state index in [0.717, 1.165) is 20.8 Å². The molecule has 0 saturated carbocycles. The number of rotatable bonds is 4. The van der Waals surface area contributed by atoms with Crippen LogP contribution in [-0.2, 0) is 5.75 Å². The summed E-state index contributed by atoms with van der Waals surface area (Å²) in [5.41, 5.74) is 2.16. The molecule has 1 aromatic carbocycles. The van der Waals surface area contributed by atoms with Crippen LogP contribution in [0.5, 0.6) is 0 Å². The molecule has 23 heavy (non-hydrogen) atoms. The lowest BCUT2D eigenvalue weighted by Crippen LogP contribution is -1.86. The molecule has 0 aliphatic carbocycles. The van der Waals surface area contributed by atoms with E-state index in [2.05, 4.69) is 27.0 Å². The van der Waals surface area contributed by atoms with Gasteiger partial charge in [-0.25, -0.2) is 9.97 Å². The Bertz CT molecular complexity index is 946. The Kier molecular flexibility index (Phi) is 3.80. The van der Waals surface area contributed by atoms with E-state index in [1.165, 1.54) is 5.56 Å². The fourth-order valence-electron chi connectivity index (χ4n) is 2.15. The SMILES string of the molecule is Cc1ccc(-c2noc(CSc3ncnc4sccc34)n2)cc1. The molecule has 0 radical (unpaired) electrons. The summed E-state index contributed by atoms with van der Waals surface area (Å²) in [7, 11) is 0. The van der Waals surface area contributed by atoms with Gasteiger partial charge in [-0.05, 0) is 18.4 Å². The second-order valence-corrected chi connectivity index (χ2v) is 6.84. The summed E-state index contributed by atoms with van der Waals surface area (Å²) in [6.45, 7) is 2.05. The molecule has 7 heteroatoms. The van der Waals surface area contributed by atoms with Gasteiger partial charge in [0.15, 0.2) is 0 Å². The Morgan fingerprint density at radius 1 is 1.13 bits per heavy atom. The molecule has 0 bridgehead atoms. The summed E-state index contributed by atoms with van der Waals surface area (Å²) in [6, 6.07) is 10.1. The lowest BCUT2D eigenvalue weighted by Gasteiger charge is -1.98. The minimum Gasteiger partial charge on any atom is -0.338 e. The average molecular weight is 340 g/mol. The van der Waals surface area contributed by atoms with Crippen LogP contribution in [0.15, 0.2) is 51.6 Å². The quantitative estimate of drug-likeness (QED) is 0.407. The van der Waals surface area contributed by atoms with Crippen molar-refractivity contribution < 1.29 is 4.52 Å². The van der Waals surface area contributed by atoms with Gasteiger partial charge in [-0.15, -0.1) is 11.3 Å². The summed E-state index contributed by atoms with van der Waals surface area (Å²) in [6.07, 6.45) is 1.59. The molecule has 114 valence electrons. The molecule has 0 aliphatic rings. The van der Waals surface area contributed by atoms with Crippen LogP contribution in [0.1, 0.15) is 11.5 Å². The molecule has 5 nitrogen and oxygen atoms in total. The Morgan fingerprint density at radius 3 is 2.87 bits per heavy atom. The van der Waals surface area contributed by atoms with Crippen molar-refractivity contribution in [2.24, 2.45) is 0 Å². The standard InChI is InChI=1S/C16H12N4OS2/c1-10-2-4-11(5-3-10)14-19-13(21-20-14)8-23-16-12-6-7-22-15(12)17-9-18-16/h2-7,9H,8H2,1H3. The van der Waals surface area contributed by atoms with Crippen molar-refractivity contribution in [3.63, 3.8) is 0 Å². The van der Waals surface area contributed by atoms with Crippen molar-refractivity contribution in [2.75, 3.05) is 0 Å². The Balaban J connectivity index is 1.52. The smallest absolute Gasteiger partial charge is 0.237 e. The molecule has 0 amide bonds. The predicted octanol–water partition coefficient (Wildman–Crippen LogP) is 4.34. The first-order valence-corrected chi connectivity index (χ1v) is 8.87. The van der Waals surface area contributed by atoms with E-state index in [-0.39, 0.29) is 0 Å². The molecule has 3 heterocycles. The molecule has 0 aliphatic heterocycles. The molecule has 0 saturated heterocycles. The summed E-state index contributed by atoms with van der Waals surface area (Å²) in [4.78, 5) is 14.0. The number of hydrogen-bond acceptors (Lipinski definition) is 7. The highest BCUT2D eigenvalue weighted by atomic mass is 32.2. The first-order valence-electron chi connectivity index (χ1n) is 7.00. The van der Waals surface area contributed by atoms with Crippen LogP contribution in [-0.4, -0.2) is 20.1 Å². The summed E-state index contributed by atoms with van der Waals surface area (Å²) < 4.78 is 5.34. The van der Waals surface area contributed by atoms with Crippen LogP contribution < -0.4 is 0 Å². The second-order valence-electron chi connectivity index (χ2n) is 4.98. The van der Waals surface area contributed by atoms with Crippen molar-refractivity contribution >= 4 is 33.3 Å². The van der Waals surface area contributed by atoms with Gasteiger partial charge in [-0.3, -0.25) is 0 Å². The highest BCUT2D eigenvalue weighted by molar-refractivity contribution is 7.98. The lowest BCUT2D eigenvalue weighted by atomic mass is 10.1. The fraction of sp³-hybridized carbons (Fsp3) is 0.125. The highest BCUT2D eigenvalue weighted by Gasteiger charge is 2.11. The van der Waals surface area contributed by atoms with Crippen LogP contribution in [0.2, 0.25) is 0 Å². The first kappa shape index (κ1) is 14.3. The van der Waals surface area contributed by atoms with Crippen LogP contribution in [0.3, 0.4) is 0 Å². The van der Waals surface area contributed by atoms with E-state index < -0.39 is 0 Å². The van der Waals surface area contributed by atoms with E-state index >= 15 is 0 Å². The Hall–Kier alpha value is -2.25. The fourth-order valence-corrected chi connectivity index (χ4v) is 3.76. The summed E-state index contributed by atoms with van der Waals surface area (Å²) in [5, 5.41) is 8.08. The molecule has 4 rings (SSSR count). The van der Waals surface area contributed by atoms with Gasteiger partial charge in [-0.1, -0.05) is 46.7 Å². The maximum absolute atomic E-state index is 5.34. The van der Waals surface area contributed by atoms with Gasteiger partial charge in [-0.2, -0.15) is 4.98 Å². The van der Waals surface area contributed by atoms with Crippen LogP contribution in [0.25, 0.3) is 21.6 Å². The first-order chi connectivity index (χ1) is 11.3. The van der Waals surface area contributed by atoms with Gasteiger partial charge < -0.3 is 4.52 Å². The third-order valence-corrected chi connectivity index (χ3v) is 5.15. The van der Waals surface area contributed by atoms with Gasteiger partial charge in [0.25, 0.3) is 0 Å². The van der Waals surface area contributed by atoms with Gasteiger partial charge >= 0.3 is 0 Å². The normalized spacial score (nSPS) is 11.2. The summed E-state index contributed by atoms with van der Waals surface area (Å²) in [5.74, 6) is 1.79. The monoisotopic (exact) mass is 340 g/mol. The number of benzene rings is 1. The topological polar surface area (TPSA) is 64.7 Å². The lowest BCUT2D eigenvalue weighted by molar-refractivity contribution is 0.391. The average Bonchev–Trinajstić information content (AvgIpc) is 3.23. The van der Waals surface area contributed by atoms with Crippen LogP contribution in [0, 0.1) is 6.92 Å². The molecular weight excluding hydrogens is 328 g/mol. The number of thioether (sulfide) groups is 1. The number of nitrogens with zero attached hydrogens (tertiary/aromatic N) is 4. The molecule has 0 unspecified atom stereocenters. The van der Waals surface area contributed by atoms with Crippen LogP contribution in [0.4, 0.5) is 0 Å². The zero-order valence-corrected chi connectivity index (χ0v) is 13.9. The number of thiophene rings is 1. The minimum absolute atomic E-state index is 0.584. The maximum atomic E-state index is 5.34. The van der Waals surface area contributed by atoms with E-state index in [9.17, 15) is 0 Å². The van der Waals surface area contributed by atoms with E-state index in [1.807, 2.05) is 35.7 Å². The van der Waals surface area contributed by atoms with Gasteiger partial charge in [0.05, 0.1) is 5.75 Å². The van der Waals surface area contributed by atoms with Crippen molar-refractivity contribution in [2.45, 2.75) is 17.7 Å². The number of aryl methyl sites for hydroxylation is 1.